The van der Waals surface area contributed by atoms with E-state index in [9.17, 15) is 0 Å². The van der Waals surface area contributed by atoms with Gasteiger partial charge in [0.1, 0.15) is 36.9 Å². The summed E-state index contributed by atoms with van der Waals surface area (Å²) in [5, 5.41) is 4.90. The summed E-state index contributed by atoms with van der Waals surface area (Å²) in [6.07, 6.45) is 2.20. The van der Waals surface area contributed by atoms with Gasteiger partial charge < -0.3 is 18.9 Å². The highest BCUT2D eigenvalue weighted by molar-refractivity contribution is 5.86. The molecule has 0 saturated carbocycles. The molecule has 2 saturated heterocycles. The topological polar surface area (TPSA) is 43.5 Å². The van der Waals surface area contributed by atoms with Gasteiger partial charge in [0.25, 0.3) is 0 Å². The maximum atomic E-state index is 6.25. The highest BCUT2D eigenvalue weighted by Crippen LogP contribution is 2.31. The van der Waals surface area contributed by atoms with E-state index in [2.05, 4.69) is 98.8 Å². The van der Waals surface area contributed by atoms with Gasteiger partial charge in [-0.05, 0) is 93.9 Å². The van der Waals surface area contributed by atoms with Gasteiger partial charge in [0.2, 0.25) is 0 Å². The zero-order valence-electron chi connectivity index (χ0n) is 23.1. The predicted molar refractivity (Wildman–Crippen MR) is 160 cm³/mol. The summed E-state index contributed by atoms with van der Waals surface area (Å²) in [6.45, 7) is 7.09. The van der Waals surface area contributed by atoms with Gasteiger partial charge in [-0.3, -0.25) is 0 Å². The zero-order valence-corrected chi connectivity index (χ0v) is 23.1. The Hall–Kier alpha value is -3.86. The molecule has 0 aromatic heterocycles. The molecule has 2 aliphatic heterocycles. The van der Waals surface area contributed by atoms with Crippen molar-refractivity contribution in [1.29, 1.82) is 0 Å². The molecule has 5 aromatic carbocycles. The van der Waals surface area contributed by atoms with Gasteiger partial charge in [0, 0.05) is 6.42 Å². The lowest BCUT2D eigenvalue weighted by Gasteiger charge is -2.14. The minimum Gasteiger partial charge on any atom is -0.490 e. The van der Waals surface area contributed by atoms with Crippen LogP contribution in [-0.4, -0.2) is 38.6 Å². The maximum Gasteiger partial charge on any atom is 0.123 e. The number of rotatable bonds is 10. The first-order valence-corrected chi connectivity index (χ1v) is 14.2. The predicted octanol–water partition coefficient (Wildman–Crippen LogP) is 7.35. The average Bonchev–Trinajstić information content (AvgIpc) is 3.87. The summed E-state index contributed by atoms with van der Waals surface area (Å²) >= 11 is 0. The van der Waals surface area contributed by atoms with Gasteiger partial charge in [-0.25, -0.2) is 0 Å². The molecular formula is C36H34O4. The Morgan fingerprint density at radius 3 is 1.98 bits per heavy atom. The fourth-order valence-corrected chi connectivity index (χ4v) is 5.42. The summed E-state index contributed by atoms with van der Waals surface area (Å²) in [6, 6.07) is 31.1. The third kappa shape index (κ3) is 5.84. The van der Waals surface area contributed by atoms with Crippen LogP contribution in [-0.2, 0) is 22.3 Å². The van der Waals surface area contributed by atoms with Crippen molar-refractivity contribution in [2.75, 3.05) is 26.4 Å². The molecule has 4 nitrogen and oxygen atoms in total. The second-order valence-corrected chi connectivity index (χ2v) is 11.3. The molecular weight excluding hydrogens is 496 g/mol. The van der Waals surface area contributed by atoms with Crippen molar-refractivity contribution in [1.82, 2.24) is 0 Å². The molecule has 0 N–H and O–H groups in total. The molecule has 4 heteroatoms. The van der Waals surface area contributed by atoms with Crippen LogP contribution in [0.15, 0.2) is 84.9 Å². The molecule has 2 aliphatic rings. The summed E-state index contributed by atoms with van der Waals surface area (Å²) in [5.41, 5.74) is 7.53. The van der Waals surface area contributed by atoms with Crippen molar-refractivity contribution < 1.29 is 18.9 Å². The van der Waals surface area contributed by atoms with E-state index in [1.807, 2.05) is 0 Å². The normalized spacial score (nSPS) is 17.8. The van der Waals surface area contributed by atoms with E-state index in [0.29, 0.717) is 13.2 Å². The van der Waals surface area contributed by atoms with Crippen molar-refractivity contribution in [2.24, 2.45) is 0 Å². The van der Waals surface area contributed by atoms with Crippen LogP contribution in [0.2, 0.25) is 0 Å². The number of hydrogen-bond donors (Lipinski definition) is 0. The monoisotopic (exact) mass is 530 g/mol. The Labute approximate surface area is 235 Å². The third-order valence-electron chi connectivity index (χ3n) is 7.82. The summed E-state index contributed by atoms with van der Waals surface area (Å²) < 4.78 is 22.9. The van der Waals surface area contributed by atoms with E-state index in [-0.39, 0.29) is 12.2 Å². The van der Waals surface area contributed by atoms with Crippen molar-refractivity contribution in [3.05, 3.63) is 118 Å². The van der Waals surface area contributed by atoms with E-state index in [1.165, 1.54) is 49.4 Å². The zero-order chi connectivity index (χ0) is 27.1. The first-order chi connectivity index (χ1) is 19.6. The molecule has 2 fully saturated rings. The third-order valence-corrected chi connectivity index (χ3v) is 7.82. The van der Waals surface area contributed by atoms with Gasteiger partial charge in [0.15, 0.2) is 0 Å². The van der Waals surface area contributed by atoms with Crippen LogP contribution < -0.4 is 9.47 Å². The SMILES string of the molecule is Cc1ccc2cc(OCC3CO3)c(Cc3cccc(Cc4ccc5cc(OCC6CO6)c(C)cc5c4)c3)cc2c1. The lowest BCUT2D eigenvalue weighted by molar-refractivity contribution is 0.261. The minimum absolute atomic E-state index is 0.229. The molecule has 5 aromatic rings. The van der Waals surface area contributed by atoms with Crippen molar-refractivity contribution in [2.45, 2.75) is 38.9 Å². The van der Waals surface area contributed by atoms with Crippen LogP contribution in [0.3, 0.4) is 0 Å². The number of ether oxygens (including phenoxy) is 4. The molecule has 2 heterocycles. The number of epoxide rings is 2. The highest BCUT2D eigenvalue weighted by atomic mass is 16.6. The second kappa shape index (κ2) is 10.6. The molecule has 0 bridgehead atoms. The first-order valence-electron chi connectivity index (χ1n) is 14.2. The van der Waals surface area contributed by atoms with E-state index in [1.54, 1.807) is 0 Å². The van der Waals surface area contributed by atoms with Crippen molar-refractivity contribution >= 4 is 21.5 Å². The van der Waals surface area contributed by atoms with Crippen molar-refractivity contribution in [3.63, 3.8) is 0 Å². The second-order valence-electron chi connectivity index (χ2n) is 11.3. The van der Waals surface area contributed by atoms with E-state index in [4.69, 9.17) is 18.9 Å². The van der Waals surface area contributed by atoms with Crippen LogP contribution in [0.25, 0.3) is 21.5 Å². The molecule has 202 valence electrons. The van der Waals surface area contributed by atoms with Crippen LogP contribution in [0.1, 0.15) is 33.4 Å². The van der Waals surface area contributed by atoms with Gasteiger partial charge in [-0.1, -0.05) is 66.2 Å². The Morgan fingerprint density at radius 1 is 0.600 bits per heavy atom. The fourth-order valence-electron chi connectivity index (χ4n) is 5.42. The van der Waals surface area contributed by atoms with Crippen molar-refractivity contribution in [3.8, 4) is 11.5 Å². The van der Waals surface area contributed by atoms with Gasteiger partial charge in [-0.15, -0.1) is 0 Å². The smallest absolute Gasteiger partial charge is 0.123 e. The standard InChI is InChI=1S/C36H34O4/c1-23-6-8-28-18-36(40-22-34-20-38-34)32(16-30(28)10-23)15-26-5-3-4-25(12-26)13-27-7-9-29-17-35(39-21-33-19-37-33)24(2)11-31(29)14-27/h3-12,14,16-18,33-34H,13,15,19-22H2,1-2H3. The van der Waals surface area contributed by atoms with Gasteiger partial charge in [-0.2, -0.15) is 0 Å². The Balaban J connectivity index is 1.11. The van der Waals surface area contributed by atoms with E-state index >= 15 is 0 Å². The Kier molecular flexibility index (Phi) is 6.66. The van der Waals surface area contributed by atoms with E-state index in [0.717, 1.165) is 43.1 Å². The van der Waals surface area contributed by atoms with Crippen LogP contribution in [0.5, 0.6) is 11.5 Å². The van der Waals surface area contributed by atoms with Gasteiger partial charge in [0.05, 0.1) is 13.2 Å². The lowest BCUT2D eigenvalue weighted by atomic mass is 9.96. The molecule has 0 spiro atoms. The minimum atomic E-state index is 0.229. The van der Waals surface area contributed by atoms with Gasteiger partial charge >= 0.3 is 0 Å². The molecule has 0 radical (unpaired) electrons. The maximum absolute atomic E-state index is 6.25. The molecule has 7 rings (SSSR count). The molecule has 0 amide bonds. The Morgan fingerprint density at radius 2 is 1.23 bits per heavy atom. The highest BCUT2D eigenvalue weighted by Gasteiger charge is 2.24. The number of benzene rings is 5. The number of fused-ring (bicyclic) bond motifs is 2. The summed E-state index contributed by atoms with van der Waals surface area (Å²) in [5.74, 6) is 1.90. The number of hydrogen-bond acceptors (Lipinski definition) is 4. The van der Waals surface area contributed by atoms with Crippen LogP contribution in [0, 0.1) is 13.8 Å². The average molecular weight is 531 g/mol. The molecule has 2 unspecified atom stereocenters. The summed E-state index contributed by atoms with van der Waals surface area (Å²) in [4.78, 5) is 0. The summed E-state index contributed by atoms with van der Waals surface area (Å²) in [7, 11) is 0. The molecule has 40 heavy (non-hydrogen) atoms. The van der Waals surface area contributed by atoms with Crippen LogP contribution in [0.4, 0.5) is 0 Å². The lowest BCUT2D eigenvalue weighted by Crippen LogP contribution is -2.06. The molecule has 0 aliphatic carbocycles. The largest absolute Gasteiger partial charge is 0.490 e. The quantitative estimate of drug-likeness (QED) is 0.177. The van der Waals surface area contributed by atoms with E-state index < -0.39 is 0 Å². The molecule has 2 atom stereocenters. The number of aryl methyl sites for hydroxylation is 2. The Bertz CT molecular complexity index is 1700. The first kappa shape index (κ1) is 25.1. The van der Waals surface area contributed by atoms with Crippen LogP contribution >= 0.6 is 0 Å². The fraction of sp³-hybridized carbons (Fsp3) is 0.278.